The van der Waals surface area contributed by atoms with Gasteiger partial charge < -0.3 is 4.74 Å². The van der Waals surface area contributed by atoms with Crippen LogP contribution in [0.1, 0.15) is 29.3 Å². The summed E-state index contributed by atoms with van der Waals surface area (Å²) >= 11 is 0. The lowest BCUT2D eigenvalue weighted by molar-refractivity contribution is -0.121. The first-order chi connectivity index (χ1) is 11.2. The van der Waals surface area contributed by atoms with Gasteiger partial charge in [0.05, 0.1) is 12.2 Å². The van der Waals surface area contributed by atoms with Gasteiger partial charge in [-0.1, -0.05) is 42.5 Å². The minimum Gasteiger partial charge on any atom is -0.493 e. The highest BCUT2D eigenvalue weighted by atomic mass is 16.5. The second kappa shape index (κ2) is 8.58. The molecule has 0 radical (unpaired) electrons. The van der Waals surface area contributed by atoms with Crippen LogP contribution in [0.3, 0.4) is 0 Å². The molecule has 0 saturated carbocycles. The van der Waals surface area contributed by atoms with Crippen LogP contribution in [0.4, 0.5) is 0 Å². The molecule has 2 aromatic carbocycles. The van der Waals surface area contributed by atoms with Crippen molar-refractivity contribution in [3.8, 4) is 5.75 Å². The fourth-order valence-electron chi connectivity index (χ4n) is 2.09. The van der Waals surface area contributed by atoms with E-state index in [0.29, 0.717) is 30.8 Å². The van der Waals surface area contributed by atoms with Gasteiger partial charge in [0, 0.05) is 6.42 Å². The molecule has 0 atom stereocenters. The summed E-state index contributed by atoms with van der Waals surface area (Å²) in [4.78, 5) is 23.9. The molecule has 120 valence electrons. The maximum atomic E-state index is 12.1. The number of ether oxygens (including phenoxy) is 1. The minimum atomic E-state index is -0.401. The number of benzene rings is 2. The number of hydrogen-bond donors (Lipinski definition) is 2. The Hall–Kier alpha value is -2.82. The molecular weight excluding hydrogens is 292 g/mol. The molecule has 0 aliphatic heterocycles. The van der Waals surface area contributed by atoms with E-state index in [-0.39, 0.29) is 5.91 Å². The summed E-state index contributed by atoms with van der Waals surface area (Å²) in [6.07, 6.45) is 0.926. The van der Waals surface area contributed by atoms with E-state index in [1.165, 1.54) is 0 Å². The topological polar surface area (TPSA) is 67.4 Å². The zero-order chi connectivity index (χ0) is 16.5. The fourth-order valence-corrected chi connectivity index (χ4v) is 2.09. The molecule has 0 aliphatic carbocycles. The summed E-state index contributed by atoms with van der Waals surface area (Å²) in [6, 6.07) is 16.6. The normalized spacial score (nSPS) is 9.96. The molecule has 0 saturated heterocycles. The van der Waals surface area contributed by atoms with Gasteiger partial charge in [-0.05, 0) is 31.0 Å². The predicted octanol–water partition coefficient (Wildman–Crippen LogP) is 2.48. The van der Waals surface area contributed by atoms with Gasteiger partial charge in [-0.15, -0.1) is 0 Å². The Labute approximate surface area is 135 Å². The summed E-state index contributed by atoms with van der Waals surface area (Å²) in [5.74, 6) is -0.149. The molecule has 0 bridgehead atoms. The van der Waals surface area contributed by atoms with Crippen molar-refractivity contribution in [1.82, 2.24) is 10.9 Å². The Morgan fingerprint density at radius 1 is 0.957 bits per heavy atom. The van der Waals surface area contributed by atoms with Crippen LogP contribution in [0.2, 0.25) is 0 Å². The first-order valence-corrected chi connectivity index (χ1v) is 7.55. The molecule has 0 aliphatic rings. The van der Waals surface area contributed by atoms with Crippen molar-refractivity contribution in [3.05, 3.63) is 65.7 Å². The van der Waals surface area contributed by atoms with Crippen molar-refractivity contribution < 1.29 is 14.3 Å². The van der Waals surface area contributed by atoms with Crippen molar-refractivity contribution in [1.29, 1.82) is 0 Å². The highest BCUT2D eigenvalue weighted by molar-refractivity contribution is 5.97. The lowest BCUT2D eigenvalue weighted by Gasteiger charge is -2.11. The van der Waals surface area contributed by atoms with Crippen molar-refractivity contribution in [2.24, 2.45) is 0 Å². The molecule has 5 nitrogen and oxygen atoms in total. The molecule has 0 heterocycles. The maximum Gasteiger partial charge on any atom is 0.273 e. The Morgan fingerprint density at radius 3 is 2.39 bits per heavy atom. The van der Waals surface area contributed by atoms with E-state index in [1.807, 2.05) is 37.3 Å². The number of carbonyl (C=O) groups excluding carboxylic acids is 2. The minimum absolute atomic E-state index is 0.240. The van der Waals surface area contributed by atoms with Gasteiger partial charge in [0.25, 0.3) is 5.91 Å². The smallest absolute Gasteiger partial charge is 0.273 e. The van der Waals surface area contributed by atoms with Crippen LogP contribution < -0.4 is 15.6 Å². The van der Waals surface area contributed by atoms with Gasteiger partial charge in [-0.3, -0.25) is 20.4 Å². The number of hydrogen-bond acceptors (Lipinski definition) is 3. The third-order valence-corrected chi connectivity index (χ3v) is 3.23. The third kappa shape index (κ3) is 5.14. The van der Waals surface area contributed by atoms with E-state index < -0.39 is 5.91 Å². The van der Waals surface area contributed by atoms with Gasteiger partial charge >= 0.3 is 0 Å². The van der Waals surface area contributed by atoms with Crippen LogP contribution in [-0.4, -0.2) is 18.4 Å². The SMILES string of the molecule is CCOc1ccccc1C(=O)NNC(=O)CCc1ccccc1. The van der Waals surface area contributed by atoms with Gasteiger partial charge in [0.2, 0.25) is 5.91 Å². The molecule has 0 unspecified atom stereocenters. The van der Waals surface area contributed by atoms with Crippen LogP contribution >= 0.6 is 0 Å². The number of aryl methyl sites for hydroxylation is 1. The van der Waals surface area contributed by atoms with Crippen LogP contribution in [0.15, 0.2) is 54.6 Å². The molecule has 0 fully saturated rings. The largest absolute Gasteiger partial charge is 0.493 e. The molecule has 2 N–H and O–H groups in total. The van der Waals surface area contributed by atoms with Crippen LogP contribution in [0, 0.1) is 0 Å². The molecule has 0 aromatic heterocycles. The van der Waals surface area contributed by atoms with E-state index in [9.17, 15) is 9.59 Å². The van der Waals surface area contributed by atoms with E-state index in [0.717, 1.165) is 5.56 Å². The summed E-state index contributed by atoms with van der Waals surface area (Å²) in [5.41, 5.74) is 6.31. The summed E-state index contributed by atoms with van der Waals surface area (Å²) in [6.45, 7) is 2.31. The zero-order valence-electron chi connectivity index (χ0n) is 13.0. The highest BCUT2D eigenvalue weighted by Crippen LogP contribution is 2.17. The number of rotatable bonds is 6. The zero-order valence-corrected chi connectivity index (χ0v) is 13.0. The molecule has 23 heavy (non-hydrogen) atoms. The van der Waals surface area contributed by atoms with Crippen molar-refractivity contribution >= 4 is 11.8 Å². The second-order valence-corrected chi connectivity index (χ2v) is 4.92. The third-order valence-electron chi connectivity index (χ3n) is 3.23. The van der Waals surface area contributed by atoms with Gasteiger partial charge in [-0.2, -0.15) is 0 Å². The summed E-state index contributed by atoms with van der Waals surface area (Å²) < 4.78 is 5.40. The van der Waals surface area contributed by atoms with Crippen molar-refractivity contribution in [2.75, 3.05) is 6.61 Å². The highest BCUT2D eigenvalue weighted by Gasteiger charge is 2.12. The molecular formula is C18H20N2O3. The molecule has 2 aromatic rings. The Balaban J connectivity index is 1.83. The van der Waals surface area contributed by atoms with E-state index >= 15 is 0 Å². The van der Waals surface area contributed by atoms with E-state index in [2.05, 4.69) is 10.9 Å². The Kier molecular flexibility index (Phi) is 6.17. The van der Waals surface area contributed by atoms with Gasteiger partial charge in [-0.25, -0.2) is 0 Å². The average molecular weight is 312 g/mol. The van der Waals surface area contributed by atoms with E-state index in [4.69, 9.17) is 4.74 Å². The first-order valence-electron chi connectivity index (χ1n) is 7.55. The number of amides is 2. The number of hydrazine groups is 1. The number of nitrogens with one attached hydrogen (secondary N) is 2. The fraction of sp³-hybridized carbons (Fsp3) is 0.222. The quantitative estimate of drug-likeness (QED) is 0.805. The number of para-hydroxylation sites is 1. The molecule has 0 spiro atoms. The van der Waals surface area contributed by atoms with Crippen LogP contribution in [-0.2, 0) is 11.2 Å². The van der Waals surface area contributed by atoms with Crippen LogP contribution in [0.25, 0.3) is 0 Å². The first kappa shape index (κ1) is 16.5. The molecule has 2 amide bonds. The molecule has 5 heteroatoms. The Bertz CT molecular complexity index is 656. The van der Waals surface area contributed by atoms with E-state index in [1.54, 1.807) is 24.3 Å². The Morgan fingerprint density at radius 2 is 1.65 bits per heavy atom. The van der Waals surface area contributed by atoms with Gasteiger partial charge in [0.1, 0.15) is 5.75 Å². The predicted molar refractivity (Wildman–Crippen MR) is 88.0 cm³/mol. The number of carbonyl (C=O) groups is 2. The van der Waals surface area contributed by atoms with Crippen molar-refractivity contribution in [2.45, 2.75) is 19.8 Å². The maximum absolute atomic E-state index is 12.1. The van der Waals surface area contributed by atoms with Crippen LogP contribution in [0.5, 0.6) is 5.75 Å². The lowest BCUT2D eigenvalue weighted by atomic mass is 10.1. The molecule has 2 rings (SSSR count). The second-order valence-electron chi connectivity index (χ2n) is 4.92. The van der Waals surface area contributed by atoms with Gasteiger partial charge in [0.15, 0.2) is 0 Å². The summed E-state index contributed by atoms with van der Waals surface area (Å²) in [7, 11) is 0. The van der Waals surface area contributed by atoms with Crippen molar-refractivity contribution in [3.63, 3.8) is 0 Å². The standard InChI is InChI=1S/C18H20N2O3/c1-2-23-16-11-7-6-10-15(16)18(22)20-19-17(21)13-12-14-8-4-3-5-9-14/h3-11H,2,12-13H2,1H3,(H,19,21)(H,20,22). The lowest BCUT2D eigenvalue weighted by Crippen LogP contribution is -2.41. The average Bonchev–Trinajstić information content (AvgIpc) is 2.59. The summed E-state index contributed by atoms with van der Waals surface area (Å²) in [5, 5.41) is 0. The monoisotopic (exact) mass is 312 g/mol.